The van der Waals surface area contributed by atoms with E-state index in [4.69, 9.17) is 0 Å². The second-order valence-electron chi connectivity index (χ2n) is 3.12. The summed E-state index contributed by atoms with van der Waals surface area (Å²) < 4.78 is 0. The molecule has 0 aliphatic carbocycles. The molecule has 0 radical (unpaired) electrons. The predicted molar refractivity (Wildman–Crippen MR) is 57.3 cm³/mol. The minimum atomic E-state index is 0. The van der Waals surface area contributed by atoms with E-state index in [-0.39, 0.29) is 12.4 Å². The van der Waals surface area contributed by atoms with E-state index < -0.39 is 0 Å². The predicted octanol–water partition coefficient (Wildman–Crippen LogP) is 1.34. The second kappa shape index (κ2) is 5.22. The van der Waals surface area contributed by atoms with Crippen molar-refractivity contribution in [3.8, 4) is 0 Å². The average Bonchev–Trinajstić information content (AvgIpc) is 2.21. The summed E-state index contributed by atoms with van der Waals surface area (Å²) in [5.41, 5.74) is 1.38. The smallest absolute Gasteiger partial charge is 0.0447 e. The number of benzene rings is 1. The average molecular weight is 199 g/mol. The van der Waals surface area contributed by atoms with Gasteiger partial charge in [-0.15, -0.1) is 12.4 Å². The van der Waals surface area contributed by atoms with E-state index in [1.807, 2.05) is 0 Å². The molecule has 1 heterocycles. The molecule has 0 aromatic heterocycles. The monoisotopic (exact) mass is 198 g/mol. The van der Waals surface area contributed by atoms with Gasteiger partial charge in [-0.2, -0.15) is 0 Å². The van der Waals surface area contributed by atoms with Crippen molar-refractivity contribution in [3.63, 3.8) is 0 Å². The van der Waals surface area contributed by atoms with Crippen molar-refractivity contribution in [2.75, 3.05) is 19.6 Å². The Morgan fingerprint density at radius 2 is 1.85 bits per heavy atom. The summed E-state index contributed by atoms with van der Waals surface area (Å²) in [5, 5.41) is 6.84. The van der Waals surface area contributed by atoms with Crippen LogP contribution in [-0.2, 0) is 0 Å². The highest BCUT2D eigenvalue weighted by molar-refractivity contribution is 5.85. The Balaban J connectivity index is 0.000000845. The molecule has 1 fully saturated rings. The lowest BCUT2D eigenvalue weighted by Crippen LogP contribution is -2.42. The van der Waals surface area contributed by atoms with Gasteiger partial charge in [0.1, 0.15) is 0 Å². The summed E-state index contributed by atoms with van der Waals surface area (Å²) in [7, 11) is 0. The van der Waals surface area contributed by atoms with Crippen molar-refractivity contribution in [1.82, 2.24) is 10.6 Å². The van der Waals surface area contributed by atoms with E-state index in [0.29, 0.717) is 6.04 Å². The molecule has 1 aromatic rings. The molecule has 1 aliphatic heterocycles. The molecule has 0 amide bonds. The van der Waals surface area contributed by atoms with Crippen molar-refractivity contribution < 1.29 is 0 Å². The number of hydrogen-bond donors (Lipinski definition) is 2. The first-order valence-corrected chi connectivity index (χ1v) is 4.46. The lowest BCUT2D eigenvalue weighted by Gasteiger charge is -2.24. The first kappa shape index (κ1) is 10.5. The molecule has 0 bridgehead atoms. The van der Waals surface area contributed by atoms with Gasteiger partial charge in [-0.25, -0.2) is 0 Å². The molecule has 3 heteroatoms. The van der Waals surface area contributed by atoms with Crippen LogP contribution in [0.4, 0.5) is 0 Å². The zero-order valence-electron chi connectivity index (χ0n) is 7.49. The summed E-state index contributed by atoms with van der Waals surface area (Å²) in [6.07, 6.45) is 0. The molecule has 2 rings (SSSR count). The van der Waals surface area contributed by atoms with Gasteiger partial charge in [0.25, 0.3) is 0 Å². The fourth-order valence-electron chi connectivity index (χ4n) is 1.57. The third kappa shape index (κ3) is 2.69. The maximum Gasteiger partial charge on any atom is 0.0447 e. The van der Waals surface area contributed by atoms with Gasteiger partial charge in [-0.3, -0.25) is 0 Å². The SMILES string of the molecule is Cl.c1ccc(C2CNCCN2)cc1. The van der Waals surface area contributed by atoms with Crippen LogP contribution in [0.3, 0.4) is 0 Å². The summed E-state index contributed by atoms with van der Waals surface area (Å²) >= 11 is 0. The molecule has 1 atom stereocenters. The van der Waals surface area contributed by atoms with Crippen LogP contribution in [0.15, 0.2) is 30.3 Å². The Hall–Kier alpha value is -0.570. The third-order valence-corrected chi connectivity index (χ3v) is 2.24. The third-order valence-electron chi connectivity index (χ3n) is 2.24. The van der Waals surface area contributed by atoms with Crippen LogP contribution in [0, 0.1) is 0 Å². The lowest BCUT2D eigenvalue weighted by atomic mass is 10.1. The van der Waals surface area contributed by atoms with E-state index in [9.17, 15) is 0 Å². The van der Waals surface area contributed by atoms with Gasteiger partial charge >= 0.3 is 0 Å². The molecular weight excluding hydrogens is 184 g/mol. The Morgan fingerprint density at radius 1 is 1.08 bits per heavy atom. The van der Waals surface area contributed by atoms with Crippen molar-refractivity contribution in [3.05, 3.63) is 35.9 Å². The van der Waals surface area contributed by atoms with Crippen molar-refractivity contribution in [2.45, 2.75) is 6.04 Å². The second-order valence-corrected chi connectivity index (χ2v) is 3.12. The number of rotatable bonds is 1. The molecule has 1 aliphatic rings. The standard InChI is InChI=1S/C10H14N2.ClH/c1-2-4-9(5-3-1)10-8-11-6-7-12-10;/h1-5,10-12H,6-8H2;1H. The highest BCUT2D eigenvalue weighted by Crippen LogP contribution is 2.12. The highest BCUT2D eigenvalue weighted by atomic mass is 35.5. The Bertz CT molecular complexity index is 232. The van der Waals surface area contributed by atoms with Gasteiger partial charge in [0.15, 0.2) is 0 Å². The van der Waals surface area contributed by atoms with Crippen LogP contribution < -0.4 is 10.6 Å². The molecule has 1 unspecified atom stereocenters. The largest absolute Gasteiger partial charge is 0.314 e. The van der Waals surface area contributed by atoms with Crippen LogP contribution in [0.25, 0.3) is 0 Å². The summed E-state index contributed by atoms with van der Waals surface area (Å²) in [4.78, 5) is 0. The quantitative estimate of drug-likeness (QED) is 0.712. The van der Waals surface area contributed by atoms with Crippen molar-refractivity contribution >= 4 is 12.4 Å². The lowest BCUT2D eigenvalue weighted by molar-refractivity contribution is 0.430. The van der Waals surface area contributed by atoms with E-state index in [1.54, 1.807) is 0 Å². The molecule has 72 valence electrons. The van der Waals surface area contributed by atoms with Crippen LogP contribution in [0.5, 0.6) is 0 Å². The first-order valence-electron chi connectivity index (χ1n) is 4.46. The maximum atomic E-state index is 3.47. The van der Waals surface area contributed by atoms with Crippen molar-refractivity contribution in [2.24, 2.45) is 0 Å². The van der Waals surface area contributed by atoms with E-state index >= 15 is 0 Å². The minimum absolute atomic E-state index is 0. The van der Waals surface area contributed by atoms with Crippen molar-refractivity contribution in [1.29, 1.82) is 0 Å². The number of nitrogens with one attached hydrogen (secondary N) is 2. The van der Waals surface area contributed by atoms with Gasteiger partial charge < -0.3 is 10.6 Å². The minimum Gasteiger partial charge on any atom is -0.314 e. The molecule has 2 N–H and O–H groups in total. The topological polar surface area (TPSA) is 24.1 Å². The van der Waals surface area contributed by atoms with Crippen LogP contribution in [0.2, 0.25) is 0 Å². The molecule has 13 heavy (non-hydrogen) atoms. The Morgan fingerprint density at radius 3 is 2.46 bits per heavy atom. The zero-order valence-corrected chi connectivity index (χ0v) is 8.31. The molecular formula is C10H15ClN2. The van der Waals surface area contributed by atoms with Gasteiger partial charge in [-0.05, 0) is 5.56 Å². The fourth-order valence-corrected chi connectivity index (χ4v) is 1.57. The molecule has 1 aromatic carbocycles. The van der Waals surface area contributed by atoms with Gasteiger partial charge in [0, 0.05) is 25.7 Å². The molecule has 1 saturated heterocycles. The molecule has 2 nitrogen and oxygen atoms in total. The highest BCUT2D eigenvalue weighted by Gasteiger charge is 2.12. The number of hydrogen-bond acceptors (Lipinski definition) is 2. The molecule has 0 saturated carbocycles. The Kier molecular flexibility index (Phi) is 4.22. The fraction of sp³-hybridized carbons (Fsp3) is 0.400. The van der Waals surface area contributed by atoms with Gasteiger partial charge in [-0.1, -0.05) is 30.3 Å². The number of halogens is 1. The number of piperazine rings is 1. The van der Waals surface area contributed by atoms with Crippen LogP contribution >= 0.6 is 12.4 Å². The van der Waals surface area contributed by atoms with Gasteiger partial charge in [0.2, 0.25) is 0 Å². The first-order chi connectivity index (χ1) is 5.97. The van der Waals surface area contributed by atoms with E-state index in [1.165, 1.54) is 5.56 Å². The van der Waals surface area contributed by atoms with Crippen LogP contribution in [-0.4, -0.2) is 19.6 Å². The van der Waals surface area contributed by atoms with Gasteiger partial charge in [0.05, 0.1) is 0 Å². The normalized spacial score (nSPS) is 22.0. The molecule has 0 spiro atoms. The van der Waals surface area contributed by atoms with E-state index in [0.717, 1.165) is 19.6 Å². The van der Waals surface area contributed by atoms with Crippen LogP contribution in [0.1, 0.15) is 11.6 Å². The Labute approximate surface area is 85.1 Å². The maximum absolute atomic E-state index is 3.47. The summed E-state index contributed by atoms with van der Waals surface area (Å²) in [5.74, 6) is 0. The van der Waals surface area contributed by atoms with E-state index in [2.05, 4.69) is 41.0 Å². The zero-order chi connectivity index (χ0) is 8.23. The summed E-state index contributed by atoms with van der Waals surface area (Å²) in [6, 6.07) is 11.1. The summed E-state index contributed by atoms with van der Waals surface area (Å²) in [6.45, 7) is 3.20.